The van der Waals surface area contributed by atoms with Crippen molar-refractivity contribution in [2.24, 2.45) is 29.6 Å². The monoisotopic (exact) mass is 651 g/mol. The molecule has 5 aliphatic rings. The minimum atomic E-state index is -1.36. The van der Waals surface area contributed by atoms with Crippen LogP contribution < -0.4 is 5.32 Å². The van der Waals surface area contributed by atoms with Crippen LogP contribution in [0.1, 0.15) is 78.2 Å². The van der Waals surface area contributed by atoms with E-state index in [0.717, 1.165) is 12.2 Å². The highest BCUT2D eigenvalue weighted by Gasteiger charge is 2.47. The van der Waals surface area contributed by atoms with Crippen LogP contribution in [0.3, 0.4) is 0 Å². The molecule has 1 saturated heterocycles. The molecule has 47 heavy (non-hydrogen) atoms. The largest absolute Gasteiger partial charge is 0.507 e. The van der Waals surface area contributed by atoms with E-state index in [0.29, 0.717) is 0 Å². The van der Waals surface area contributed by atoms with Crippen molar-refractivity contribution < 1.29 is 54.2 Å². The number of Topliss-reactive ketones (excluding diaryl/α,β-unsaturated/α-hetero) is 2. The number of fused-ring (bicyclic) bond motifs is 1. The number of aliphatic hydroxyl groups is 3. The van der Waals surface area contributed by atoms with Gasteiger partial charge in [0.1, 0.15) is 23.5 Å². The summed E-state index contributed by atoms with van der Waals surface area (Å²) in [6.45, 7) is 10.6. The van der Waals surface area contributed by atoms with Crippen molar-refractivity contribution in [2.75, 3.05) is 0 Å². The Morgan fingerprint density at radius 3 is 1.91 bits per heavy atom. The Bertz CT molecular complexity index is 1670. The maximum atomic E-state index is 13.8. The van der Waals surface area contributed by atoms with Crippen molar-refractivity contribution in [2.45, 2.75) is 72.9 Å². The molecule has 252 valence electrons. The van der Waals surface area contributed by atoms with Gasteiger partial charge in [-0.15, -0.1) is 0 Å². The van der Waals surface area contributed by atoms with Gasteiger partial charge >= 0.3 is 5.97 Å². The highest BCUT2D eigenvalue weighted by Crippen LogP contribution is 2.42. The minimum Gasteiger partial charge on any atom is -0.507 e. The van der Waals surface area contributed by atoms with Crippen molar-refractivity contribution in [1.82, 2.24) is 5.32 Å². The number of allylic oxidation sites excluding steroid dienone is 5. The number of aliphatic hydroxyl groups excluding tert-OH is 3. The molecule has 9 atom stereocenters. The Balaban J connectivity index is 1.88. The standard InChI is InChI=1S/C35H41NO11/c1-13-9-8-10-14(2)34(45)36-21-12-22(37)23-24(30(42)17(5)31(43)25(23)32(21)44)27(39)15(3)11-20-29(41)19(7)33(47-35(20)46)18(6)28(40)16(4)26(13)38/h8-13,16,18-20,26,28-29,33,38,40-43H,1-7H3,(H,36,45)/b9-8-,14-10-,15-11?. The van der Waals surface area contributed by atoms with Crippen LogP contribution in [0.15, 0.2) is 47.2 Å². The molecule has 6 bridgehead atoms. The number of ketones is 3. The summed E-state index contributed by atoms with van der Waals surface area (Å²) in [6.07, 6.45) is 2.00. The van der Waals surface area contributed by atoms with Gasteiger partial charge in [-0.25, -0.2) is 0 Å². The molecule has 6 N–H and O–H groups in total. The number of phenolic OH excluding ortho intramolecular Hbond substituents is 2. The Labute approximate surface area is 272 Å². The van der Waals surface area contributed by atoms with Gasteiger partial charge in [0, 0.05) is 40.9 Å². The van der Waals surface area contributed by atoms with Gasteiger partial charge in [0.2, 0.25) is 5.78 Å². The Morgan fingerprint density at radius 2 is 1.30 bits per heavy atom. The number of carbonyl (C=O) groups excluding carboxylic acids is 5. The predicted molar refractivity (Wildman–Crippen MR) is 168 cm³/mol. The second kappa shape index (κ2) is 13.4. The molecular weight excluding hydrogens is 610 g/mol. The van der Waals surface area contributed by atoms with Crippen LogP contribution in [-0.2, 0) is 14.3 Å². The van der Waals surface area contributed by atoms with Crippen molar-refractivity contribution in [3.63, 3.8) is 0 Å². The van der Waals surface area contributed by atoms with Gasteiger partial charge in [-0.2, -0.15) is 0 Å². The first kappa shape index (κ1) is 35.5. The van der Waals surface area contributed by atoms with Gasteiger partial charge < -0.3 is 35.6 Å². The molecule has 0 aromatic heterocycles. The number of phenols is 2. The van der Waals surface area contributed by atoms with E-state index in [4.69, 9.17) is 4.74 Å². The molecule has 0 saturated carbocycles. The number of hydrogen-bond donors (Lipinski definition) is 6. The van der Waals surface area contributed by atoms with E-state index in [1.54, 1.807) is 33.8 Å². The zero-order valence-corrected chi connectivity index (χ0v) is 27.3. The van der Waals surface area contributed by atoms with E-state index in [-0.39, 0.29) is 16.7 Å². The van der Waals surface area contributed by atoms with Gasteiger partial charge in [0.15, 0.2) is 11.6 Å². The van der Waals surface area contributed by atoms with Crippen LogP contribution >= 0.6 is 0 Å². The summed E-state index contributed by atoms with van der Waals surface area (Å²) < 4.78 is 5.70. The number of hydrogen-bond acceptors (Lipinski definition) is 11. The van der Waals surface area contributed by atoms with E-state index in [2.05, 4.69) is 5.32 Å². The zero-order chi connectivity index (χ0) is 35.2. The third-order valence-corrected chi connectivity index (χ3v) is 9.68. The summed E-state index contributed by atoms with van der Waals surface area (Å²) in [4.78, 5) is 66.9. The number of carbonyl (C=O) groups is 5. The quantitative estimate of drug-likeness (QED) is 0.225. The average Bonchev–Trinajstić information content (AvgIpc) is 3.03. The molecule has 1 aliphatic carbocycles. The summed E-state index contributed by atoms with van der Waals surface area (Å²) in [5.41, 5.74) is -2.54. The molecule has 1 aromatic rings. The molecule has 1 aromatic carbocycles. The molecule has 12 heteroatoms. The number of nitrogens with one attached hydrogen (secondary N) is 1. The lowest BCUT2D eigenvalue weighted by atomic mass is 9.75. The molecule has 1 fully saturated rings. The van der Waals surface area contributed by atoms with Crippen LogP contribution in [0.4, 0.5) is 0 Å². The molecular formula is C35H41NO11. The maximum absolute atomic E-state index is 13.8. The first-order valence-electron chi connectivity index (χ1n) is 15.4. The van der Waals surface area contributed by atoms with E-state index >= 15 is 0 Å². The lowest BCUT2D eigenvalue weighted by Gasteiger charge is -2.42. The third-order valence-electron chi connectivity index (χ3n) is 9.68. The molecule has 6 rings (SSSR count). The summed E-state index contributed by atoms with van der Waals surface area (Å²) in [5, 5.41) is 57.6. The predicted octanol–water partition coefficient (Wildman–Crippen LogP) is 2.60. The lowest BCUT2D eigenvalue weighted by molar-refractivity contribution is -0.186. The van der Waals surface area contributed by atoms with Crippen molar-refractivity contribution in [3.8, 4) is 11.5 Å². The van der Waals surface area contributed by atoms with Gasteiger partial charge in [0.25, 0.3) is 5.91 Å². The van der Waals surface area contributed by atoms with Crippen molar-refractivity contribution in [1.29, 1.82) is 0 Å². The number of rotatable bonds is 0. The highest BCUT2D eigenvalue weighted by atomic mass is 16.6. The zero-order valence-electron chi connectivity index (χ0n) is 27.3. The fraction of sp³-hybridized carbons (Fsp3) is 0.457. The van der Waals surface area contributed by atoms with E-state index in [9.17, 15) is 49.5 Å². The van der Waals surface area contributed by atoms with E-state index < -0.39 is 117 Å². The first-order valence-corrected chi connectivity index (χ1v) is 15.4. The molecule has 0 spiro atoms. The molecule has 4 aliphatic heterocycles. The molecule has 9 unspecified atom stereocenters. The summed E-state index contributed by atoms with van der Waals surface area (Å²) in [5.74, 6) is -9.98. The Hall–Kier alpha value is -4.39. The van der Waals surface area contributed by atoms with Gasteiger partial charge in [0.05, 0.1) is 40.7 Å². The smallest absolute Gasteiger partial charge is 0.315 e. The van der Waals surface area contributed by atoms with Crippen LogP contribution in [0.5, 0.6) is 11.5 Å². The first-order chi connectivity index (χ1) is 21.9. The normalized spacial score (nSPS) is 34.2. The van der Waals surface area contributed by atoms with Crippen molar-refractivity contribution >= 4 is 29.2 Å². The van der Waals surface area contributed by atoms with Crippen LogP contribution in [0.2, 0.25) is 0 Å². The summed E-state index contributed by atoms with van der Waals surface area (Å²) >= 11 is 0. The second-order valence-electron chi connectivity index (χ2n) is 12.9. The topological polar surface area (TPSA) is 208 Å². The van der Waals surface area contributed by atoms with Crippen LogP contribution in [0, 0.1) is 36.5 Å². The number of amides is 1. The Kier molecular flexibility index (Phi) is 10.1. The number of aromatic hydroxyl groups is 2. The van der Waals surface area contributed by atoms with Crippen LogP contribution in [0.25, 0.3) is 0 Å². The molecule has 1 amide bonds. The number of benzene rings is 1. The average molecular weight is 652 g/mol. The minimum absolute atomic E-state index is 0.128. The SMILES string of the molecule is CC1=CC2C(=O)OC(C(C)C2O)C(C)C(O)C(C)C(O)C(C)/C=C\C=C(\C)C(=O)NC2=CC(=O)c3c(c(O)c(C)c(O)c3C2=O)C1=O. The van der Waals surface area contributed by atoms with Gasteiger partial charge in [-0.3, -0.25) is 24.0 Å². The Morgan fingerprint density at radius 1 is 0.723 bits per heavy atom. The molecule has 4 heterocycles. The number of esters is 1. The third kappa shape index (κ3) is 6.32. The fourth-order valence-corrected chi connectivity index (χ4v) is 6.45. The van der Waals surface area contributed by atoms with Gasteiger partial charge in [-0.1, -0.05) is 52.0 Å². The molecule has 12 nitrogen and oxygen atoms in total. The molecule has 0 radical (unpaired) electrons. The van der Waals surface area contributed by atoms with Gasteiger partial charge in [-0.05, 0) is 26.3 Å². The summed E-state index contributed by atoms with van der Waals surface area (Å²) in [6, 6.07) is 0. The summed E-state index contributed by atoms with van der Waals surface area (Å²) in [7, 11) is 0. The van der Waals surface area contributed by atoms with E-state index in [1.165, 1.54) is 32.9 Å². The number of ether oxygens (including phenoxy) is 1. The second-order valence-corrected chi connectivity index (χ2v) is 12.9. The van der Waals surface area contributed by atoms with E-state index in [1.807, 2.05) is 0 Å². The lowest BCUT2D eigenvalue weighted by Crippen LogP contribution is -2.53. The maximum Gasteiger partial charge on any atom is 0.315 e. The highest BCUT2D eigenvalue weighted by molar-refractivity contribution is 6.31. The van der Waals surface area contributed by atoms with Crippen LogP contribution in [-0.4, -0.2) is 79.2 Å². The van der Waals surface area contributed by atoms with Crippen molar-refractivity contribution in [3.05, 3.63) is 69.5 Å². The fourth-order valence-electron chi connectivity index (χ4n) is 6.45.